The highest BCUT2D eigenvalue weighted by atomic mass is 15.1. The fourth-order valence-corrected chi connectivity index (χ4v) is 1.57. The van der Waals surface area contributed by atoms with Gasteiger partial charge in [0, 0.05) is 18.4 Å². The maximum atomic E-state index is 8.85. The summed E-state index contributed by atoms with van der Waals surface area (Å²) in [6, 6.07) is 11.1. The molecular weight excluding hydrogens is 238 g/mol. The fourth-order valence-electron chi connectivity index (χ4n) is 1.57. The van der Waals surface area contributed by atoms with Gasteiger partial charge in [0.25, 0.3) is 0 Å². The van der Waals surface area contributed by atoms with E-state index in [1.807, 2.05) is 18.2 Å². The number of aromatic nitrogens is 2. The van der Waals surface area contributed by atoms with Gasteiger partial charge in [-0.2, -0.15) is 10.2 Å². The van der Waals surface area contributed by atoms with Gasteiger partial charge in [-0.05, 0) is 30.7 Å². The lowest BCUT2D eigenvalue weighted by Crippen LogP contribution is -2.04. The van der Waals surface area contributed by atoms with Crippen LogP contribution in [0.25, 0.3) is 0 Å². The third-order valence-corrected chi connectivity index (χ3v) is 2.46. The van der Waals surface area contributed by atoms with Crippen LogP contribution in [-0.4, -0.2) is 16.5 Å². The number of hydrogen-bond donors (Lipinski definition) is 2. The summed E-state index contributed by atoms with van der Waals surface area (Å²) in [5.41, 5.74) is 1.40. The van der Waals surface area contributed by atoms with Crippen LogP contribution < -0.4 is 10.6 Å². The van der Waals surface area contributed by atoms with Gasteiger partial charge in [0.2, 0.25) is 5.95 Å². The Morgan fingerprint density at radius 3 is 3.00 bits per heavy atom. The average molecular weight is 253 g/mol. The van der Waals surface area contributed by atoms with Crippen LogP contribution in [0, 0.1) is 11.3 Å². The Hall–Kier alpha value is -2.61. The molecule has 1 aromatic heterocycles. The predicted octanol–water partition coefficient (Wildman–Crippen LogP) is 2.91. The van der Waals surface area contributed by atoms with Gasteiger partial charge in [-0.1, -0.05) is 13.0 Å². The molecule has 1 aromatic carbocycles. The summed E-state index contributed by atoms with van der Waals surface area (Å²) in [5, 5.41) is 15.1. The number of nitrogens with zero attached hydrogens (tertiary/aromatic N) is 3. The van der Waals surface area contributed by atoms with Crippen molar-refractivity contribution in [3.63, 3.8) is 0 Å². The van der Waals surface area contributed by atoms with E-state index >= 15 is 0 Å². The second-order valence-electron chi connectivity index (χ2n) is 4.01. The monoisotopic (exact) mass is 253 g/mol. The number of rotatable bonds is 5. The molecule has 96 valence electrons. The minimum absolute atomic E-state index is 0.510. The summed E-state index contributed by atoms with van der Waals surface area (Å²) in [7, 11) is 0. The third-order valence-electron chi connectivity index (χ3n) is 2.46. The molecule has 0 unspecified atom stereocenters. The van der Waals surface area contributed by atoms with Gasteiger partial charge in [-0.3, -0.25) is 0 Å². The highest BCUT2D eigenvalue weighted by molar-refractivity contribution is 5.57. The molecule has 5 nitrogen and oxygen atoms in total. The maximum absolute atomic E-state index is 8.85. The van der Waals surface area contributed by atoms with Gasteiger partial charge in [-0.25, -0.2) is 4.98 Å². The molecule has 0 radical (unpaired) electrons. The number of nitriles is 1. The molecule has 0 fully saturated rings. The Morgan fingerprint density at radius 2 is 2.21 bits per heavy atom. The average Bonchev–Trinajstić information content (AvgIpc) is 2.46. The van der Waals surface area contributed by atoms with Crippen LogP contribution in [0.2, 0.25) is 0 Å². The molecule has 0 saturated heterocycles. The summed E-state index contributed by atoms with van der Waals surface area (Å²) in [5.74, 6) is 1.30. The highest BCUT2D eigenvalue weighted by Crippen LogP contribution is 2.15. The molecule has 0 aliphatic carbocycles. The Kier molecular flexibility index (Phi) is 4.29. The molecular formula is C14H15N5. The maximum Gasteiger partial charge on any atom is 0.229 e. The first-order chi connectivity index (χ1) is 9.31. The number of anilines is 3. The lowest BCUT2D eigenvalue weighted by Gasteiger charge is -2.07. The van der Waals surface area contributed by atoms with Crippen molar-refractivity contribution in [1.29, 1.82) is 5.26 Å². The van der Waals surface area contributed by atoms with Crippen molar-refractivity contribution in [1.82, 2.24) is 9.97 Å². The molecule has 0 aliphatic heterocycles. The van der Waals surface area contributed by atoms with Crippen molar-refractivity contribution in [3.05, 3.63) is 42.1 Å². The van der Waals surface area contributed by atoms with E-state index in [0.717, 1.165) is 24.5 Å². The van der Waals surface area contributed by atoms with Crippen molar-refractivity contribution in [2.24, 2.45) is 0 Å². The fraction of sp³-hybridized carbons (Fsp3) is 0.214. The van der Waals surface area contributed by atoms with Crippen LogP contribution in [0.1, 0.15) is 18.9 Å². The summed E-state index contributed by atoms with van der Waals surface area (Å²) >= 11 is 0. The molecule has 1 heterocycles. The molecule has 0 amide bonds. The van der Waals surface area contributed by atoms with Crippen LogP contribution in [0.15, 0.2) is 36.5 Å². The van der Waals surface area contributed by atoms with E-state index in [2.05, 4.69) is 33.6 Å². The van der Waals surface area contributed by atoms with Crippen molar-refractivity contribution in [2.45, 2.75) is 13.3 Å². The van der Waals surface area contributed by atoms with Crippen LogP contribution >= 0.6 is 0 Å². The summed E-state index contributed by atoms with van der Waals surface area (Å²) in [6.07, 6.45) is 2.73. The lowest BCUT2D eigenvalue weighted by atomic mass is 10.2. The van der Waals surface area contributed by atoms with Crippen LogP contribution in [-0.2, 0) is 0 Å². The topological polar surface area (TPSA) is 73.6 Å². The largest absolute Gasteiger partial charge is 0.370 e. The van der Waals surface area contributed by atoms with Crippen molar-refractivity contribution < 1.29 is 0 Å². The molecule has 2 rings (SSSR count). The van der Waals surface area contributed by atoms with E-state index in [1.165, 1.54) is 0 Å². The first-order valence-corrected chi connectivity index (χ1v) is 6.16. The van der Waals surface area contributed by atoms with Crippen molar-refractivity contribution in [2.75, 3.05) is 17.2 Å². The zero-order valence-electron chi connectivity index (χ0n) is 10.7. The van der Waals surface area contributed by atoms with Crippen LogP contribution in [0.3, 0.4) is 0 Å². The zero-order valence-corrected chi connectivity index (χ0v) is 10.7. The number of benzene rings is 1. The van der Waals surface area contributed by atoms with E-state index in [-0.39, 0.29) is 0 Å². The van der Waals surface area contributed by atoms with Gasteiger partial charge in [0.05, 0.1) is 11.6 Å². The quantitative estimate of drug-likeness (QED) is 0.857. The van der Waals surface area contributed by atoms with Crippen molar-refractivity contribution in [3.8, 4) is 6.07 Å². The second-order valence-corrected chi connectivity index (χ2v) is 4.01. The molecule has 0 spiro atoms. The molecule has 0 saturated carbocycles. The second kappa shape index (κ2) is 6.36. The van der Waals surface area contributed by atoms with Gasteiger partial charge < -0.3 is 10.6 Å². The summed E-state index contributed by atoms with van der Waals surface area (Å²) in [6.45, 7) is 2.97. The Morgan fingerprint density at radius 1 is 1.32 bits per heavy atom. The molecule has 2 aromatic rings. The predicted molar refractivity (Wildman–Crippen MR) is 75.3 cm³/mol. The highest BCUT2D eigenvalue weighted by Gasteiger charge is 2.00. The van der Waals surface area contributed by atoms with Gasteiger partial charge in [0.15, 0.2) is 0 Å². The molecule has 0 aliphatic rings. The van der Waals surface area contributed by atoms with Gasteiger partial charge in [-0.15, -0.1) is 0 Å². The number of hydrogen-bond acceptors (Lipinski definition) is 5. The zero-order chi connectivity index (χ0) is 13.5. The van der Waals surface area contributed by atoms with E-state index in [0.29, 0.717) is 11.5 Å². The lowest BCUT2D eigenvalue weighted by molar-refractivity contribution is 0.966. The summed E-state index contributed by atoms with van der Waals surface area (Å²) < 4.78 is 0. The van der Waals surface area contributed by atoms with Gasteiger partial charge >= 0.3 is 0 Å². The molecule has 2 N–H and O–H groups in total. The Labute approximate surface area is 112 Å². The SMILES string of the molecule is CCCNc1ccnc(Nc2cccc(C#N)c2)n1. The molecule has 5 heteroatoms. The van der Waals surface area contributed by atoms with E-state index in [1.54, 1.807) is 18.3 Å². The summed E-state index contributed by atoms with van der Waals surface area (Å²) in [4.78, 5) is 8.50. The van der Waals surface area contributed by atoms with E-state index in [9.17, 15) is 0 Å². The van der Waals surface area contributed by atoms with E-state index < -0.39 is 0 Å². The van der Waals surface area contributed by atoms with Crippen LogP contribution in [0.4, 0.5) is 17.5 Å². The standard InChI is InChI=1S/C14H15N5/c1-2-7-16-13-6-8-17-14(19-13)18-12-5-3-4-11(9-12)10-15/h3-6,8-9H,2,7H2,1H3,(H2,16,17,18,19). The molecule has 0 bridgehead atoms. The minimum atomic E-state index is 0.510. The van der Waals surface area contributed by atoms with Gasteiger partial charge in [0.1, 0.15) is 5.82 Å². The minimum Gasteiger partial charge on any atom is -0.370 e. The first-order valence-electron chi connectivity index (χ1n) is 6.16. The molecule has 0 atom stereocenters. The Balaban J connectivity index is 2.12. The molecule has 19 heavy (non-hydrogen) atoms. The first kappa shape index (κ1) is 12.8. The number of nitrogens with one attached hydrogen (secondary N) is 2. The smallest absolute Gasteiger partial charge is 0.229 e. The van der Waals surface area contributed by atoms with Crippen molar-refractivity contribution >= 4 is 17.5 Å². The normalized spacial score (nSPS) is 9.68. The van der Waals surface area contributed by atoms with E-state index in [4.69, 9.17) is 5.26 Å². The third kappa shape index (κ3) is 3.68. The van der Waals surface area contributed by atoms with Crippen LogP contribution in [0.5, 0.6) is 0 Å². The Bertz CT molecular complexity index is 588.